The van der Waals surface area contributed by atoms with Gasteiger partial charge in [-0.3, -0.25) is 4.79 Å². The van der Waals surface area contributed by atoms with Crippen LogP contribution in [0.4, 0.5) is 8.78 Å². The van der Waals surface area contributed by atoms with Crippen LogP contribution < -0.4 is 10.1 Å². The highest BCUT2D eigenvalue weighted by Crippen LogP contribution is 2.30. The third kappa shape index (κ3) is 4.98. The monoisotopic (exact) mass is 455 g/mol. The Labute approximate surface area is 176 Å². The number of sulfone groups is 1. The van der Waals surface area contributed by atoms with Gasteiger partial charge in [-0.2, -0.15) is 0 Å². The fraction of sp³-hybridized carbons (Fsp3) is 0.150. The summed E-state index contributed by atoms with van der Waals surface area (Å²) in [5.74, 6) is -2.72. The lowest BCUT2D eigenvalue weighted by atomic mass is 10.2. The molecule has 0 saturated heterocycles. The highest BCUT2D eigenvalue weighted by molar-refractivity contribution is 7.90. The number of carbonyl (C=O) groups is 1. The highest BCUT2D eigenvalue weighted by atomic mass is 35.5. The molecule has 1 heterocycles. The summed E-state index contributed by atoms with van der Waals surface area (Å²) in [5.41, 5.74) is 0.0900. The van der Waals surface area contributed by atoms with Crippen LogP contribution in [-0.4, -0.2) is 21.4 Å². The molecule has 158 valence electrons. The minimum absolute atomic E-state index is 0.0233. The molecule has 1 aromatic heterocycles. The fourth-order valence-corrected chi connectivity index (χ4v) is 4.35. The molecule has 0 saturated carbocycles. The molecule has 0 radical (unpaired) electrons. The van der Waals surface area contributed by atoms with Crippen molar-refractivity contribution >= 4 is 27.3 Å². The van der Waals surface area contributed by atoms with Gasteiger partial charge in [0.05, 0.1) is 7.11 Å². The zero-order valence-corrected chi connectivity index (χ0v) is 17.2. The third-order valence-corrected chi connectivity index (χ3v) is 6.02. The predicted molar refractivity (Wildman–Crippen MR) is 105 cm³/mol. The summed E-state index contributed by atoms with van der Waals surface area (Å²) in [6.45, 7) is -0.195. The van der Waals surface area contributed by atoms with E-state index in [4.69, 9.17) is 20.8 Å². The molecule has 1 N–H and O–H groups in total. The van der Waals surface area contributed by atoms with Gasteiger partial charge >= 0.3 is 0 Å². The molecule has 6 nitrogen and oxygen atoms in total. The van der Waals surface area contributed by atoms with Crippen LogP contribution in [0, 0.1) is 11.6 Å². The van der Waals surface area contributed by atoms with Crippen molar-refractivity contribution in [1.82, 2.24) is 5.32 Å². The van der Waals surface area contributed by atoms with Crippen molar-refractivity contribution in [2.75, 3.05) is 7.11 Å². The average Bonchev–Trinajstić information content (AvgIpc) is 3.15. The Hall–Kier alpha value is -2.91. The molecule has 0 aliphatic rings. The van der Waals surface area contributed by atoms with Crippen LogP contribution in [0.3, 0.4) is 0 Å². The number of methoxy groups -OCH3 is 1. The van der Waals surface area contributed by atoms with E-state index in [2.05, 4.69) is 5.32 Å². The van der Waals surface area contributed by atoms with E-state index in [0.717, 1.165) is 6.07 Å². The zero-order chi connectivity index (χ0) is 21.9. The van der Waals surface area contributed by atoms with Gasteiger partial charge in [-0.1, -0.05) is 17.7 Å². The number of nitrogens with one attached hydrogen (secondary N) is 1. The normalized spacial score (nSPS) is 11.3. The van der Waals surface area contributed by atoms with Crippen LogP contribution in [0.2, 0.25) is 5.02 Å². The van der Waals surface area contributed by atoms with E-state index >= 15 is 0 Å². The Morgan fingerprint density at radius 2 is 1.90 bits per heavy atom. The standard InChI is InChI=1S/C20H16ClF2NO5S/c1-28-17-6-3-13(21)8-19(17)30(26,27)11-15-5-7-18(29-15)20(25)24-10-12-2-4-14(22)9-16(12)23/h2-9H,10-11H2,1H3,(H,24,25). The van der Waals surface area contributed by atoms with Crippen LogP contribution in [-0.2, 0) is 22.1 Å². The molecular weight excluding hydrogens is 440 g/mol. The molecule has 0 atom stereocenters. The summed E-state index contributed by atoms with van der Waals surface area (Å²) in [6.07, 6.45) is 0. The quantitative estimate of drug-likeness (QED) is 0.579. The molecule has 0 aliphatic heterocycles. The first-order chi connectivity index (χ1) is 14.2. The summed E-state index contributed by atoms with van der Waals surface area (Å²) >= 11 is 5.89. The maximum absolute atomic E-state index is 13.6. The van der Waals surface area contributed by atoms with E-state index in [1.165, 1.54) is 43.5 Å². The number of benzene rings is 2. The Balaban J connectivity index is 1.71. The molecule has 30 heavy (non-hydrogen) atoms. The Kier molecular flexibility index (Phi) is 6.42. The summed E-state index contributed by atoms with van der Waals surface area (Å²) < 4.78 is 62.4. The Bertz CT molecular complexity index is 1190. The van der Waals surface area contributed by atoms with Gasteiger partial charge < -0.3 is 14.5 Å². The topological polar surface area (TPSA) is 85.6 Å². The maximum atomic E-state index is 13.6. The van der Waals surface area contributed by atoms with Crippen LogP contribution in [0.15, 0.2) is 57.8 Å². The number of amides is 1. The van der Waals surface area contributed by atoms with Crippen molar-refractivity contribution < 1.29 is 31.1 Å². The highest BCUT2D eigenvalue weighted by Gasteiger charge is 2.23. The molecule has 3 rings (SSSR count). The van der Waals surface area contributed by atoms with Crippen molar-refractivity contribution in [2.45, 2.75) is 17.2 Å². The second-order valence-corrected chi connectivity index (χ2v) is 8.63. The first-order valence-corrected chi connectivity index (χ1v) is 10.6. The smallest absolute Gasteiger partial charge is 0.287 e. The summed E-state index contributed by atoms with van der Waals surface area (Å²) in [6, 6.07) is 9.85. The van der Waals surface area contributed by atoms with Gasteiger partial charge in [0.15, 0.2) is 15.6 Å². The third-order valence-electron chi connectivity index (χ3n) is 4.13. The second kappa shape index (κ2) is 8.85. The maximum Gasteiger partial charge on any atom is 0.287 e. The van der Waals surface area contributed by atoms with Gasteiger partial charge in [0.1, 0.15) is 33.8 Å². The average molecular weight is 456 g/mol. The minimum atomic E-state index is -3.88. The van der Waals surface area contributed by atoms with Gasteiger partial charge in [0.25, 0.3) is 5.91 Å². The van der Waals surface area contributed by atoms with E-state index in [-0.39, 0.29) is 39.3 Å². The van der Waals surface area contributed by atoms with Crippen molar-refractivity contribution in [3.63, 3.8) is 0 Å². The van der Waals surface area contributed by atoms with Crippen LogP contribution in [0.5, 0.6) is 5.75 Å². The molecule has 0 spiro atoms. The number of furan rings is 1. The Morgan fingerprint density at radius 3 is 2.60 bits per heavy atom. The number of halogens is 3. The van der Waals surface area contributed by atoms with Crippen molar-refractivity contribution in [2.24, 2.45) is 0 Å². The zero-order valence-electron chi connectivity index (χ0n) is 15.6. The number of hydrogen-bond acceptors (Lipinski definition) is 5. The number of ether oxygens (including phenoxy) is 1. The molecule has 1 amide bonds. The minimum Gasteiger partial charge on any atom is -0.495 e. The Morgan fingerprint density at radius 1 is 1.13 bits per heavy atom. The largest absolute Gasteiger partial charge is 0.495 e. The molecule has 0 unspecified atom stereocenters. The molecule has 0 fully saturated rings. The molecule has 10 heteroatoms. The van der Waals surface area contributed by atoms with Crippen molar-refractivity contribution in [3.05, 3.63) is 82.3 Å². The van der Waals surface area contributed by atoms with Crippen molar-refractivity contribution in [3.8, 4) is 5.75 Å². The fourth-order valence-electron chi connectivity index (χ4n) is 2.66. The summed E-state index contributed by atoms with van der Waals surface area (Å²) in [4.78, 5) is 12.1. The van der Waals surface area contributed by atoms with E-state index < -0.39 is 33.1 Å². The SMILES string of the molecule is COc1ccc(Cl)cc1S(=O)(=O)Cc1ccc(C(=O)NCc2ccc(F)cc2F)o1. The van der Waals surface area contributed by atoms with Gasteiger partial charge in [-0.15, -0.1) is 0 Å². The van der Waals surface area contributed by atoms with E-state index in [9.17, 15) is 22.0 Å². The first-order valence-electron chi connectivity index (χ1n) is 8.57. The lowest BCUT2D eigenvalue weighted by Gasteiger charge is -2.09. The summed E-state index contributed by atoms with van der Waals surface area (Å²) in [5, 5.41) is 2.65. The molecule has 3 aromatic rings. The van der Waals surface area contributed by atoms with Crippen LogP contribution >= 0.6 is 11.6 Å². The van der Waals surface area contributed by atoms with Gasteiger partial charge in [0.2, 0.25) is 0 Å². The molecule has 0 aliphatic carbocycles. The predicted octanol–water partition coefficient (Wildman–Crippen LogP) is 4.12. The van der Waals surface area contributed by atoms with E-state index in [1.807, 2.05) is 0 Å². The van der Waals surface area contributed by atoms with E-state index in [1.54, 1.807) is 0 Å². The van der Waals surface area contributed by atoms with E-state index in [0.29, 0.717) is 6.07 Å². The molecular formula is C20H16ClF2NO5S. The lowest BCUT2D eigenvalue weighted by Crippen LogP contribution is -2.22. The second-order valence-electron chi connectivity index (χ2n) is 6.24. The summed E-state index contributed by atoms with van der Waals surface area (Å²) in [7, 11) is -2.54. The van der Waals surface area contributed by atoms with Crippen molar-refractivity contribution in [1.29, 1.82) is 0 Å². The van der Waals surface area contributed by atoms with Gasteiger partial charge in [-0.25, -0.2) is 17.2 Å². The number of carbonyl (C=O) groups excluding carboxylic acids is 1. The molecule has 0 bridgehead atoms. The van der Waals surface area contributed by atoms with Gasteiger partial charge in [0, 0.05) is 23.2 Å². The lowest BCUT2D eigenvalue weighted by molar-refractivity contribution is 0.0921. The number of rotatable bonds is 7. The van der Waals surface area contributed by atoms with Crippen LogP contribution in [0.1, 0.15) is 21.9 Å². The molecule has 2 aromatic carbocycles. The van der Waals surface area contributed by atoms with Gasteiger partial charge in [-0.05, 0) is 36.4 Å². The first kappa shape index (κ1) is 21.8. The van der Waals surface area contributed by atoms with Crippen LogP contribution in [0.25, 0.3) is 0 Å². The number of hydrogen-bond donors (Lipinski definition) is 1.